The van der Waals surface area contributed by atoms with Crippen molar-refractivity contribution < 1.29 is 9.53 Å². The van der Waals surface area contributed by atoms with Crippen molar-refractivity contribution in [3.05, 3.63) is 53.9 Å². The molecule has 2 aromatic rings. The first-order chi connectivity index (χ1) is 11.6. The van der Waals surface area contributed by atoms with Crippen LogP contribution in [0.5, 0.6) is 0 Å². The van der Waals surface area contributed by atoms with Crippen LogP contribution in [-0.4, -0.2) is 37.2 Å². The van der Waals surface area contributed by atoms with Crippen LogP contribution in [0.1, 0.15) is 35.8 Å². The fourth-order valence-corrected chi connectivity index (χ4v) is 2.68. The predicted octanol–water partition coefficient (Wildman–Crippen LogP) is 3.29. The Kier molecular flexibility index (Phi) is 5.11. The Labute approximate surface area is 142 Å². The van der Waals surface area contributed by atoms with Crippen molar-refractivity contribution in [2.24, 2.45) is 0 Å². The average Bonchev–Trinajstić information content (AvgIpc) is 2.63. The van der Waals surface area contributed by atoms with Gasteiger partial charge in [-0.05, 0) is 35.7 Å². The number of hydrogen-bond acceptors (Lipinski definition) is 4. The van der Waals surface area contributed by atoms with Crippen LogP contribution in [-0.2, 0) is 4.74 Å². The van der Waals surface area contributed by atoms with E-state index in [1.165, 1.54) is 5.56 Å². The topological polar surface area (TPSA) is 54.5 Å². The van der Waals surface area contributed by atoms with Crippen LogP contribution in [0.4, 0.5) is 11.4 Å². The molecule has 0 bridgehead atoms. The van der Waals surface area contributed by atoms with Gasteiger partial charge >= 0.3 is 0 Å². The maximum atomic E-state index is 12.3. The molecular formula is C19H23N3O2. The molecule has 126 valence electrons. The summed E-state index contributed by atoms with van der Waals surface area (Å²) < 4.78 is 5.35. The number of nitrogens with zero attached hydrogens (tertiary/aromatic N) is 2. The molecule has 5 nitrogen and oxygen atoms in total. The molecule has 2 heterocycles. The maximum Gasteiger partial charge on any atom is 0.274 e. The summed E-state index contributed by atoms with van der Waals surface area (Å²) in [6.07, 6.45) is 1.75. The summed E-state index contributed by atoms with van der Waals surface area (Å²) in [6, 6.07) is 11.6. The Morgan fingerprint density at radius 1 is 1.12 bits per heavy atom. The van der Waals surface area contributed by atoms with E-state index in [0.717, 1.165) is 37.7 Å². The van der Waals surface area contributed by atoms with Crippen LogP contribution < -0.4 is 10.2 Å². The fraction of sp³-hybridized carbons (Fsp3) is 0.368. The summed E-state index contributed by atoms with van der Waals surface area (Å²) in [7, 11) is 0. The zero-order chi connectivity index (χ0) is 16.9. The highest BCUT2D eigenvalue weighted by Crippen LogP contribution is 2.18. The smallest absolute Gasteiger partial charge is 0.274 e. The van der Waals surface area contributed by atoms with E-state index in [0.29, 0.717) is 11.6 Å². The molecule has 0 saturated carbocycles. The van der Waals surface area contributed by atoms with Gasteiger partial charge in [0.2, 0.25) is 0 Å². The molecule has 0 radical (unpaired) electrons. The number of ether oxygens (including phenoxy) is 1. The standard InChI is InChI=1S/C19H23N3O2/c1-14(2)15-3-5-16(6-4-15)21-19(23)18-8-7-17(13-20-18)22-9-11-24-12-10-22/h3-8,13-14H,9-12H2,1-2H3,(H,21,23). The summed E-state index contributed by atoms with van der Waals surface area (Å²) in [6.45, 7) is 7.47. The molecule has 1 N–H and O–H groups in total. The van der Waals surface area contributed by atoms with E-state index in [4.69, 9.17) is 4.74 Å². The van der Waals surface area contributed by atoms with Crippen molar-refractivity contribution in [3.8, 4) is 0 Å². The van der Waals surface area contributed by atoms with Crippen LogP contribution in [0.25, 0.3) is 0 Å². The van der Waals surface area contributed by atoms with Crippen molar-refractivity contribution in [1.29, 1.82) is 0 Å². The molecular weight excluding hydrogens is 302 g/mol. The van der Waals surface area contributed by atoms with Crippen molar-refractivity contribution in [2.75, 3.05) is 36.5 Å². The molecule has 1 aromatic carbocycles. The van der Waals surface area contributed by atoms with Gasteiger partial charge in [-0.15, -0.1) is 0 Å². The first-order valence-electron chi connectivity index (χ1n) is 8.33. The largest absolute Gasteiger partial charge is 0.378 e. The van der Waals surface area contributed by atoms with Crippen LogP contribution >= 0.6 is 0 Å². The lowest BCUT2D eigenvalue weighted by atomic mass is 10.0. The van der Waals surface area contributed by atoms with Gasteiger partial charge in [0.1, 0.15) is 5.69 Å². The highest BCUT2D eigenvalue weighted by atomic mass is 16.5. The number of morpholine rings is 1. The second-order valence-corrected chi connectivity index (χ2v) is 6.23. The van der Waals surface area contributed by atoms with E-state index >= 15 is 0 Å². The first-order valence-corrected chi connectivity index (χ1v) is 8.33. The van der Waals surface area contributed by atoms with Gasteiger partial charge in [0, 0.05) is 18.8 Å². The van der Waals surface area contributed by atoms with E-state index < -0.39 is 0 Å². The highest BCUT2D eigenvalue weighted by Gasteiger charge is 2.13. The molecule has 0 atom stereocenters. The van der Waals surface area contributed by atoms with Gasteiger partial charge in [-0.25, -0.2) is 4.98 Å². The van der Waals surface area contributed by atoms with E-state index in [9.17, 15) is 4.79 Å². The van der Waals surface area contributed by atoms with E-state index in [-0.39, 0.29) is 5.91 Å². The van der Waals surface area contributed by atoms with Gasteiger partial charge in [0.25, 0.3) is 5.91 Å². The van der Waals surface area contributed by atoms with Gasteiger partial charge < -0.3 is 15.0 Å². The molecule has 0 aliphatic carbocycles. The molecule has 24 heavy (non-hydrogen) atoms. The summed E-state index contributed by atoms with van der Waals surface area (Å²) in [5.74, 6) is 0.282. The van der Waals surface area contributed by atoms with Gasteiger partial charge in [-0.3, -0.25) is 4.79 Å². The zero-order valence-corrected chi connectivity index (χ0v) is 14.2. The maximum absolute atomic E-state index is 12.3. The Morgan fingerprint density at radius 2 is 1.83 bits per heavy atom. The van der Waals surface area contributed by atoms with Gasteiger partial charge in [0.15, 0.2) is 0 Å². The summed E-state index contributed by atoms with van der Waals surface area (Å²) in [5.41, 5.74) is 3.47. The Hall–Kier alpha value is -2.40. The van der Waals surface area contributed by atoms with Crippen molar-refractivity contribution in [3.63, 3.8) is 0 Å². The summed E-state index contributed by atoms with van der Waals surface area (Å²) in [5, 5.41) is 2.89. The van der Waals surface area contributed by atoms with Crippen LogP contribution in [0, 0.1) is 0 Å². The third kappa shape index (κ3) is 3.92. The minimum atomic E-state index is -0.194. The van der Waals surface area contributed by atoms with Crippen LogP contribution in [0.2, 0.25) is 0 Å². The lowest BCUT2D eigenvalue weighted by Gasteiger charge is -2.28. The van der Waals surface area contributed by atoms with Gasteiger partial charge in [0.05, 0.1) is 25.1 Å². The van der Waals surface area contributed by atoms with E-state index in [2.05, 4.69) is 29.0 Å². The Morgan fingerprint density at radius 3 is 2.42 bits per heavy atom. The summed E-state index contributed by atoms with van der Waals surface area (Å²) in [4.78, 5) is 18.8. The number of benzene rings is 1. The Bertz CT molecular complexity index is 675. The second kappa shape index (κ2) is 7.45. The number of pyridine rings is 1. The highest BCUT2D eigenvalue weighted by molar-refractivity contribution is 6.02. The normalized spacial score (nSPS) is 14.7. The quantitative estimate of drug-likeness (QED) is 0.937. The van der Waals surface area contributed by atoms with Crippen LogP contribution in [0.15, 0.2) is 42.6 Å². The molecule has 5 heteroatoms. The zero-order valence-electron chi connectivity index (χ0n) is 14.2. The summed E-state index contributed by atoms with van der Waals surface area (Å²) >= 11 is 0. The molecule has 3 rings (SSSR count). The van der Waals surface area contributed by atoms with E-state index in [1.54, 1.807) is 12.3 Å². The third-order valence-electron chi connectivity index (χ3n) is 4.19. The minimum absolute atomic E-state index is 0.194. The first kappa shape index (κ1) is 16.5. The minimum Gasteiger partial charge on any atom is -0.378 e. The van der Waals surface area contributed by atoms with Gasteiger partial charge in [-0.2, -0.15) is 0 Å². The molecule has 1 fully saturated rings. The molecule has 1 amide bonds. The number of nitrogens with one attached hydrogen (secondary N) is 1. The average molecular weight is 325 g/mol. The lowest BCUT2D eigenvalue weighted by molar-refractivity contribution is 0.102. The molecule has 1 aliphatic heterocycles. The van der Waals surface area contributed by atoms with E-state index in [1.807, 2.05) is 30.3 Å². The molecule has 1 aromatic heterocycles. The van der Waals surface area contributed by atoms with Gasteiger partial charge in [-0.1, -0.05) is 26.0 Å². The SMILES string of the molecule is CC(C)c1ccc(NC(=O)c2ccc(N3CCOCC3)cn2)cc1. The molecule has 0 spiro atoms. The van der Waals surface area contributed by atoms with Crippen molar-refractivity contribution in [1.82, 2.24) is 4.98 Å². The number of hydrogen-bond donors (Lipinski definition) is 1. The number of aromatic nitrogens is 1. The Balaban J connectivity index is 1.64. The third-order valence-corrected chi connectivity index (χ3v) is 4.19. The molecule has 0 unspecified atom stereocenters. The predicted molar refractivity (Wildman–Crippen MR) is 95.8 cm³/mol. The second-order valence-electron chi connectivity index (χ2n) is 6.23. The number of anilines is 2. The number of rotatable bonds is 4. The molecule has 1 saturated heterocycles. The monoisotopic (exact) mass is 325 g/mol. The molecule has 1 aliphatic rings. The number of amides is 1. The lowest BCUT2D eigenvalue weighted by Crippen LogP contribution is -2.36. The number of carbonyl (C=O) groups excluding carboxylic acids is 1. The van der Waals surface area contributed by atoms with Crippen LogP contribution in [0.3, 0.4) is 0 Å². The van der Waals surface area contributed by atoms with Crippen molar-refractivity contribution in [2.45, 2.75) is 19.8 Å². The fourth-order valence-electron chi connectivity index (χ4n) is 2.68. The van der Waals surface area contributed by atoms with Crippen molar-refractivity contribution >= 4 is 17.3 Å². The number of carbonyl (C=O) groups is 1.